The summed E-state index contributed by atoms with van der Waals surface area (Å²) in [5, 5.41) is 0. The van der Waals surface area contributed by atoms with Crippen molar-refractivity contribution in [2.45, 2.75) is 70.6 Å². The third kappa shape index (κ3) is 3.62. The molecule has 0 spiro atoms. The summed E-state index contributed by atoms with van der Waals surface area (Å²) in [5.41, 5.74) is 0. The lowest BCUT2D eigenvalue weighted by Crippen LogP contribution is -2.02. The van der Waals surface area contributed by atoms with Crippen LogP contribution < -0.4 is 0 Å². The number of carbonyl (C=O) groups is 1. The van der Waals surface area contributed by atoms with E-state index in [0.29, 0.717) is 11.7 Å². The Bertz CT molecular complexity index is 209. The van der Waals surface area contributed by atoms with Crippen LogP contribution in [0.1, 0.15) is 70.6 Å². The maximum atomic E-state index is 11.8. The molecule has 0 amide bonds. The molecular weight excluding hydrogens is 184 g/mol. The summed E-state index contributed by atoms with van der Waals surface area (Å²) in [6.45, 7) is 0. The van der Waals surface area contributed by atoms with Gasteiger partial charge in [-0.3, -0.25) is 4.79 Å². The molecule has 15 heavy (non-hydrogen) atoms. The molecule has 0 saturated heterocycles. The molecule has 0 N–H and O–H groups in total. The molecule has 2 aliphatic rings. The Morgan fingerprint density at radius 2 is 1.40 bits per heavy atom. The second kappa shape index (κ2) is 5.67. The predicted octanol–water partition coefficient (Wildman–Crippen LogP) is 4.11. The van der Waals surface area contributed by atoms with Crippen LogP contribution in [0.2, 0.25) is 0 Å². The number of ketones is 1. The van der Waals surface area contributed by atoms with Crippen LogP contribution in [0.3, 0.4) is 0 Å². The molecule has 0 radical (unpaired) electrons. The van der Waals surface area contributed by atoms with Crippen molar-refractivity contribution >= 4 is 5.78 Å². The van der Waals surface area contributed by atoms with E-state index >= 15 is 0 Å². The fourth-order valence-corrected chi connectivity index (χ4v) is 2.91. The highest BCUT2D eigenvalue weighted by molar-refractivity contribution is 5.83. The summed E-state index contributed by atoms with van der Waals surface area (Å²) in [6.07, 6.45) is 14.2. The van der Waals surface area contributed by atoms with E-state index in [1.807, 2.05) is 0 Å². The SMILES string of the molecule is O=C1CCCCCCCCCC[C@H]2C[C@H]12. The van der Waals surface area contributed by atoms with Gasteiger partial charge in [-0.15, -0.1) is 0 Å². The zero-order valence-corrected chi connectivity index (χ0v) is 9.84. The molecule has 2 fully saturated rings. The second-order valence-corrected chi connectivity index (χ2v) is 5.44. The van der Waals surface area contributed by atoms with Gasteiger partial charge in [-0.2, -0.15) is 0 Å². The van der Waals surface area contributed by atoms with Gasteiger partial charge in [0.05, 0.1) is 0 Å². The molecule has 0 heterocycles. The van der Waals surface area contributed by atoms with Crippen molar-refractivity contribution in [1.29, 1.82) is 0 Å². The maximum absolute atomic E-state index is 11.8. The summed E-state index contributed by atoms with van der Waals surface area (Å²) in [7, 11) is 0. The normalized spacial score (nSPS) is 34.5. The molecule has 0 bridgehead atoms. The Hall–Kier alpha value is -0.330. The Morgan fingerprint density at radius 3 is 2.13 bits per heavy atom. The third-order valence-corrected chi connectivity index (χ3v) is 4.08. The van der Waals surface area contributed by atoms with Crippen LogP contribution in [0.15, 0.2) is 0 Å². The van der Waals surface area contributed by atoms with Crippen molar-refractivity contribution in [2.24, 2.45) is 11.8 Å². The molecule has 0 aromatic heterocycles. The first-order valence-corrected chi connectivity index (χ1v) is 6.90. The first-order valence-electron chi connectivity index (χ1n) is 6.90. The lowest BCUT2D eigenvalue weighted by atomic mass is 10.1. The molecule has 0 aliphatic heterocycles. The van der Waals surface area contributed by atoms with Gasteiger partial charge in [0.2, 0.25) is 0 Å². The molecule has 0 aromatic rings. The summed E-state index contributed by atoms with van der Waals surface area (Å²) < 4.78 is 0. The van der Waals surface area contributed by atoms with Gasteiger partial charge in [0.15, 0.2) is 0 Å². The molecule has 2 rings (SSSR count). The zero-order valence-electron chi connectivity index (χ0n) is 9.84. The van der Waals surface area contributed by atoms with Crippen LogP contribution in [0.5, 0.6) is 0 Å². The van der Waals surface area contributed by atoms with E-state index in [-0.39, 0.29) is 0 Å². The van der Waals surface area contributed by atoms with Crippen molar-refractivity contribution in [3.63, 3.8) is 0 Å². The third-order valence-electron chi connectivity index (χ3n) is 4.08. The largest absolute Gasteiger partial charge is 0.299 e. The Balaban J connectivity index is 1.74. The first kappa shape index (κ1) is 11.2. The summed E-state index contributed by atoms with van der Waals surface area (Å²) in [6, 6.07) is 0. The minimum absolute atomic E-state index is 0.491. The van der Waals surface area contributed by atoms with Gasteiger partial charge in [-0.25, -0.2) is 0 Å². The number of rotatable bonds is 0. The average molecular weight is 208 g/mol. The van der Waals surface area contributed by atoms with Crippen molar-refractivity contribution in [2.75, 3.05) is 0 Å². The van der Waals surface area contributed by atoms with Crippen LogP contribution in [0.4, 0.5) is 0 Å². The molecule has 0 unspecified atom stereocenters. The highest BCUT2D eigenvalue weighted by Gasteiger charge is 2.40. The summed E-state index contributed by atoms with van der Waals surface area (Å²) >= 11 is 0. The minimum atomic E-state index is 0.491. The van der Waals surface area contributed by atoms with Crippen LogP contribution in [-0.4, -0.2) is 5.78 Å². The fraction of sp³-hybridized carbons (Fsp3) is 0.929. The van der Waals surface area contributed by atoms with Crippen molar-refractivity contribution in [3.05, 3.63) is 0 Å². The fourth-order valence-electron chi connectivity index (χ4n) is 2.91. The standard InChI is InChI=1S/C14H24O/c15-14-10-8-6-4-2-1-3-5-7-9-12-11-13(12)14/h12-13H,1-11H2/t12-,13-/m0/s1. The van der Waals surface area contributed by atoms with Crippen LogP contribution in [0.25, 0.3) is 0 Å². The lowest BCUT2D eigenvalue weighted by Gasteiger charge is -2.00. The van der Waals surface area contributed by atoms with E-state index in [4.69, 9.17) is 0 Å². The van der Waals surface area contributed by atoms with Gasteiger partial charge in [0.1, 0.15) is 5.78 Å². The molecule has 2 saturated carbocycles. The van der Waals surface area contributed by atoms with Gasteiger partial charge in [0.25, 0.3) is 0 Å². The number of hydrogen-bond acceptors (Lipinski definition) is 1. The van der Waals surface area contributed by atoms with E-state index in [0.717, 1.165) is 18.8 Å². The van der Waals surface area contributed by atoms with Crippen LogP contribution in [0, 0.1) is 11.8 Å². The monoisotopic (exact) mass is 208 g/mol. The smallest absolute Gasteiger partial charge is 0.136 e. The highest BCUT2D eigenvalue weighted by Crippen LogP contribution is 2.44. The average Bonchev–Trinajstić information content (AvgIpc) is 2.99. The zero-order chi connectivity index (χ0) is 10.5. The quantitative estimate of drug-likeness (QED) is 0.585. The van der Waals surface area contributed by atoms with Crippen LogP contribution >= 0.6 is 0 Å². The number of hydrogen-bond donors (Lipinski definition) is 0. The van der Waals surface area contributed by atoms with Crippen molar-refractivity contribution < 1.29 is 4.79 Å². The molecule has 0 aromatic carbocycles. The second-order valence-electron chi connectivity index (χ2n) is 5.44. The first-order chi connectivity index (χ1) is 7.38. The Labute approximate surface area is 93.6 Å². The topological polar surface area (TPSA) is 17.1 Å². The predicted molar refractivity (Wildman–Crippen MR) is 62.8 cm³/mol. The Morgan fingerprint density at radius 1 is 0.800 bits per heavy atom. The Kier molecular flexibility index (Phi) is 4.22. The number of carbonyl (C=O) groups excluding carboxylic acids is 1. The molecule has 2 aliphatic carbocycles. The van der Waals surface area contributed by atoms with Crippen LogP contribution in [-0.2, 0) is 4.79 Å². The van der Waals surface area contributed by atoms with E-state index in [2.05, 4.69) is 0 Å². The van der Waals surface area contributed by atoms with Gasteiger partial charge in [-0.05, 0) is 25.2 Å². The number of fused-ring (bicyclic) bond motifs is 1. The summed E-state index contributed by atoms with van der Waals surface area (Å²) in [4.78, 5) is 11.8. The van der Waals surface area contributed by atoms with Gasteiger partial charge in [-0.1, -0.05) is 44.9 Å². The lowest BCUT2D eigenvalue weighted by molar-refractivity contribution is -0.120. The molecular formula is C14H24O. The summed E-state index contributed by atoms with van der Waals surface area (Å²) in [5.74, 6) is 1.86. The molecule has 1 heteroatoms. The minimum Gasteiger partial charge on any atom is -0.299 e. The molecule has 2 atom stereocenters. The molecule has 86 valence electrons. The van der Waals surface area contributed by atoms with E-state index in [1.54, 1.807) is 0 Å². The molecule has 1 nitrogen and oxygen atoms in total. The highest BCUT2D eigenvalue weighted by atomic mass is 16.1. The van der Waals surface area contributed by atoms with Crippen molar-refractivity contribution in [3.8, 4) is 0 Å². The maximum Gasteiger partial charge on any atom is 0.136 e. The van der Waals surface area contributed by atoms with Crippen molar-refractivity contribution in [1.82, 2.24) is 0 Å². The van der Waals surface area contributed by atoms with E-state index in [9.17, 15) is 4.79 Å². The van der Waals surface area contributed by atoms with Gasteiger partial charge in [0, 0.05) is 12.3 Å². The van der Waals surface area contributed by atoms with E-state index < -0.39 is 0 Å². The van der Waals surface area contributed by atoms with E-state index in [1.165, 1.54) is 57.8 Å². The van der Waals surface area contributed by atoms with Gasteiger partial charge >= 0.3 is 0 Å². The number of Topliss-reactive ketones (excluding diaryl/α,β-unsaturated/α-hetero) is 1. The van der Waals surface area contributed by atoms with Gasteiger partial charge < -0.3 is 0 Å².